The van der Waals surface area contributed by atoms with E-state index in [4.69, 9.17) is 14.2 Å². The molecule has 208 valence electrons. The summed E-state index contributed by atoms with van der Waals surface area (Å²) in [5, 5.41) is 11.5. The Bertz CT molecular complexity index is 1450. The summed E-state index contributed by atoms with van der Waals surface area (Å²) in [7, 11) is 1.55. The van der Waals surface area contributed by atoms with Gasteiger partial charge in [0.25, 0.3) is 11.7 Å². The van der Waals surface area contributed by atoms with E-state index in [-0.39, 0.29) is 24.0 Å². The van der Waals surface area contributed by atoms with Crippen molar-refractivity contribution in [1.29, 1.82) is 0 Å². The van der Waals surface area contributed by atoms with Crippen LogP contribution in [0.4, 0.5) is 0 Å². The van der Waals surface area contributed by atoms with Crippen LogP contribution in [0.25, 0.3) is 5.76 Å². The molecule has 0 aliphatic carbocycles. The number of aromatic nitrogens is 1. The monoisotopic (exact) mass is 542 g/mol. The number of aliphatic hydroxyl groups excluding tert-OH is 1. The van der Waals surface area contributed by atoms with Gasteiger partial charge in [-0.25, -0.2) is 0 Å². The van der Waals surface area contributed by atoms with Gasteiger partial charge in [0, 0.05) is 30.9 Å². The number of hydrogen-bond acceptors (Lipinski definition) is 7. The third-order valence-corrected chi connectivity index (χ3v) is 7.27. The van der Waals surface area contributed by atoms with Gasteiger partial charge in [-0.15, -0.1) is 0 Å². The maximum atomic E-state index is 13.5. The van der Waals surface area contributed by atoms with Gasteiger partial charge in [-0.3, -0.25) is 14.6 Å². The van der Waals surface area contributed by atoms with Gasteiger partial charge in [-0.1, -0.05) is 19.9 Å². The number of pyridine rings is 1. The molecule has 0 saturated carbocycles. The Morgan fingerprint density at radius 3 is 2.60 bits per heavy atom. The largest absolute Gasteiger partial charge is 0.507 e. The van der Waals surface area contributed by atoms with Crippen LogP contribution in [0.5, 0.6) is 17.2 Å². The number of carbonyl (C=O) groups excluding carboxylic acids is 2. The molecular formula is C32H34N2O6. The van der Waals surface area contributed by atoms with Gasteiger partial charge >= 0.3 is 0 Å². The number of hydrogen-bond donors (Lipinski definition) is 1. The van der Waals surface area contributed by atoms with Crippen molar-refractivity contribution in [1.82, 2.24) is 9.88 Å². The zero-order chi connectivity index (χ0) is 28.4. The highest BCUT2D eigenvalue weighted by Crippen LogP contribution is 2.43. The molecule has 1 N–H and O–H groups in total. The van der Waals surface area contributed by atoms with Crippen LogP contribution >= 0.6 is 0 Å². The molecule has 0 bridgehead atoms. The average Bonchev–Trinajstić information content (AvgIpc) is 3.44. The normalized spacial score (nSPS) is 19.6. The maximum Gasteiger partial charge on any atom is 0.295 e. The third-order valence-electron chi connectivity index (χ3n) is 7.27. The first-order valence-electron chi connectivity index (χ1n) is 13.5. The van der Waals surface area contributed by atoms with E-state index >= 15 is 0 Å². The quantitative estimate of drug-likeness (QED) is 0.218. The SMILES string of the molecule is COc1cc([C@@H]2C(=C(O)c3ccc4c(c3)C[C@H](C)O4)C(=O)C(=O)N2Cc2ccncc2)ccc1OCCC(C)C. The van der Waals surface area contributed by atoms with Gasteiger partial charge in [-0.2, -0.15) is 0 Å². The molecule has 0 unspecified atom stereocenters. The van der Waals surface area contributed by atoms with Crippen LogP contribution in [0.2, 0.25) is 0 Å². The summed E-state index contributed by atoms with van der Waals surface area (Å²) in [5.74, 6) is 0.670. The van der Waals surface area contributed by atoms with Gasteiger partial charge in [0.1, 0.15) is 17.6 Å². The molecule has 1 amide bonds. The van der Waals surface area contributed by atoms with E-state index in [1.807, 2.05) is 19.1 Å². The number of Topliss-reactive ketones (excluding diaryl/α,β-unsaturated/α-hetero) is 1. The van der Waals surface area contributed by atoms with E-state index in [2.05, 4.69) is 18.8 Å². The highest BCUT2D eigenvalue weighted by Gasteiger charge is 2.46. The van der Waals surface area contributed by atoms with Crippen molar-refractivity contribution in [2.75, 3.05) is 13.7 Å². The molecule has 2 aromatic carbocycles. The Morgan fingerprint density at radius 1 is 1.10 bits per heavy atom. The maximum absolute atomic E-state index is 13.5. The fraction of sp³-hybridized carbons (Fsp3) is 0.344. The van der Waals surface area contributed by atoms with Crippen molar-refractivity contribution in [3.8, 4) is 17.2 Å². The summed E-state index contributed by atoms with van der Waals surface area (Å²) in [6.07, 6.45) is 4.90. The predicted molar refractivity (Wildman–Crippen MR) is 150 cm³/mol. The van der Waals surface area contributed by atoms with Crippen molar-refractivity contribution in [3.05, 3.63) is 88.8 Å². The van der Waals surface area contributed by atoms with Crippen molar-refractivity contribution in [3.63, 3.8) is 0 Å². The van der Waals surface area contributed by atoms with Gasteiger partial charge < -0.3 is 24.2 Å². The number of fused-ring (bicyclic) bond motifs is 1. The van der Waals surface area contributed by atoms with Gasteiger partial charge in [0.05, 0.1) is 25.3 Å². The summed E-state index contributed by atoms with van der Waals surface area (Å²) in [4.78, 5) is 32.5. The van der Waals surface area contributed by atoms with Gasteiger partial charge in [0.15, 0.2) is 11.5 Å². The Kier molecular flexibility index (Phi) is 7.78. The molecule has 2 atom stereocenters. The predicted octanol–water partition coefficient (Wildman–Crippen LogP) is 5.46. The minimum Gasteiger partial charge on any atom is -0.507 e. The lowest BCUT2D eigenvalue weighted by molar-refractivity contribution is -0.140. The molecule has 0 spiro atoms. The molecule has 2 aliphatic heterocycles. The second-order valence-electron chi connectivity index (χ2n) is 10.7. The summed E-state index contributed by atoms with van der Waals surface area (Å²) in [6.45, 7) is 6.94. The van der Waals surface area contributed by atoms with E-state index in [0.29, 0.717) is 41.6 Å². The minimum atomic E-state index is -0.838. The van der Waals surface area contributed by atoms with E-state index in [9.17, 15) is 14.7 Å². The van der Waals surface area contributed by atoms with Gasteiger partial charge in [0.2, 0.25) is 0 Å². The average molecular weight is 543 g/mol. The van der Waals surface area contributed by atoms with Crippen LogP contribution in [0.15, 0.2) is 66.5 Å². The van der Waals surface area contributed by atoms with E-state index in [1.54, 1.807) is 55.9 Å². The first-order valence-corrected chi connectivity index (χ1v) is 13.5. The van der Waals surface area contributed by atoms with Crippen LogP contribution in [-0.2, 0) is 22.6 Å². The van der Waals surface area contributed by atoms with Crippen LogP contribution in [0, 0.1) is 5.92 Å². The lowest BCUT2D eigenvalue weighted by atomic mass is 9.94. The second kappa shape index (κ2) is 11.4. The van der Waals surface area contributed by atoms with E-state index in [1.165, 1.54) is 4.90 Å². The summed E-state index contributed by atoms with van der Waals surface area (Å²) >= 11 is 0. The number of likely N-dealkylation sites (tertiary alicyclic amines) is 1. The highest BCUT2D eigenvalue weighted by molar-refractivity contribution is 6.46. The molecule has 2 aliphatic rings. The standard InChI is InChI=1S/C32H34N2O6/c1-19(2)11-14-39-26-8-5-22(17-27(26)38-4)29-28(30(35)23-6-7-25-24(16-23)15-20(3)40-25)31(36)32(37)34(29)18-21-9-12-33-13-10-21/h5-10,12-13,16-17,19-20,29,35H,11,14-15,18H2,1-4H3/t20-,29+/m0/s1. The lowest BCUT2D eigenvalue weighted by Crippen LogP contribution is -2.29. The number of ketones is 1. The molecular weight excluding hydrogens is 508 g/mol. The fourth-order valence-electron chi connectivity index (χ4n) is 5.18. The summed E-state index contributed by atoms with van der Waals surface area (Å²) < 4.78 is 17.4. The first-order chi connectivity index (χ1) is 19.3. The molecule has 3 aromatic rings. The van der Waals surface area contributed by atoms with Crippen molar-refractivity contribution in [2.24, 2.45) is 5.92 Å². The van der Waals surface area contributed by atoms with Crippen molar-refractivity contribution < 1.29 is 28.9 Å². The number of ether oxygens (including phenoxy) is 3. The number of carbonyl (C=O) groups is 2. The van der Waals surface area contributed by atoms with E-state index < -0.39 is 17.7 Å². The smallest absolute Gasteiger partial charge is 0.295 e. The second-order valence-corrected chi connectivity index (χ2v) is 10.7. The van der Waals surface area contributed by atoms with Crippen LogP contribution in [-0.4, -0.2) is 46.5 Å². The zero-order valence-electron chi connectivity index (χ0n) is 23.2. The number of methoxy groups -OCH3 is 1. The molecule has 8 nitrogen and oxygen atoms in total. The third kappa shape index (κ3) is 5.39. The van der Waals surface area contributed by atoms with Crippen molar-refractivity contribution in [2.45, 2.75) is 52.3 Å². The summed E-state index contributed by atoms with van der Waals surface area (Å²) in [5.41, 5.74) is 2.88. The molecule has 8 heteroatoms. The molecule has 1 saturated heterocycles. The lowest BCUT2D eigenvalue weighted by Gasteiger charge is -2.26. The first kappa shape index (κ1) is 27.2. The number of benzene rings is 2. The highest BCUT2D eigenvalue weighted by atomic mass is 16.5. The van der Waals surface area contributed by atoms with Crippen LogP contribution in [0.3, 0.4) is 0 Å². The number of nitrogens with zero attached hydrogens (tertiary/aromatic N) is 2. The molecule has 0 radical (unpaired) electrons. The fourth-order valence-corrected chi connectivity index (χ4v) is 5.18. The zero-order valence-corrected chi connectivity index (χ0v) is 23.2. The number of amides is 1. The number of rotatable bonds is 9. The Labute approximate surface area is 234 Å². The van der Waals surface area contributed by atoms with Crippen LogP contribution in [0.1, 0.15) is 55.5 Å². The molecule has 1 fully saturated rings. The molecule has 3 heterocycles. The Balaban J connectivity index is 1.59. The molecule has 5 rings (SSSR count). The van der Waals surface area contributed by atoms with Gasteiger partial charge in [-0.05, 0) is 78.4 Å². The van der Waals surface area contributed by atoms with Crippen molar-refractivity contribution >= 4 is 17.4 Å². The number of aliphatic hydroxyl groups is 1. The Hall–Kier alpha value is -4.33. The molecule has 40 heavy (non-hydrogen) atoms. The summed E-state index contributed by atoms with van der Waals surface area (Å²) in [6, 6.07) is 13.5. The van der Waals surface area contributed by atoms with Crippen LogP contribution < -0.4 is 14.2 Å². The molecule has 1 aromatic heterocycles. The topological polar surface area (TPSA) is 98.2 Å². The Morgan fingerprint density at radius 2 is 1.88 bits per heavy atom. The minimum absolute atomic E-state index is 0.0292. The van der Waals surface area contributed by atoms with E-state index in [0.717, 1.165) is 23.3 Å².